The third-order valence-corrected chi connectivity index (χ3v) is 6.01. The number of halogens is 1. The fourth-order valence-electron chi connectivity index (χ4n) is 4.01. The van der Waals surface area contributed by atoms with E-state index in [0.717, 1.165) is 11.1 Å². The van der Waals surface area contributed by atoms with Crippen molar-refractivity contribution in [3.05, 3.63) is 112 Å². The van der Waals surface area contributed by atoms with E-state index in [-0.39, 0.29) is 18.4 Å². The van der Waals surface area contributed by atoms with Crippen molar-refractivity contribution in [1.82, 2.24) is 5.32 Å². The Hall–Kier alpha value is -4.13. The molecule has 35 heavy (non-hydrogen) atoms. The average Bonchev–Trinajstić information content (AvgIpc) is 3.47. The fraction of sp³-hybridized carbons (Fsp3) is 0.0714. The molecule has 1 atom stereocenters. The van der Waals surface area contributed by atoms with Crippen LogP contribution in [-0.4, -0.2) is 23.5 Å². The van der Waals surface area contributed by atoms with E-state index < -0.39 is 6.04 Å². The number of amides is 2. The summed E-state index contributed by atoms with van der Waals surface area (Å²) in [6.07, 6.45) is 1.67. The van der Waals surface area contributed by atoms with Crippen LogP contribution in [0.5, 0.6) is 0 Å². The molecule has 0 fully saturated rings. The molecule has 6 nitrogen and oxygen atoms in total. The van der Waals surface area contributed by atoms with E-state index in [9.17, 15) is 14.7 Å². The third kappa shape index (κ3) is 4.75. The summed E-state index contributed by atoms with van der Waals surface area (Å²) >= 11 is 6.10. The smallest absolute Gasteiger partial charge is 0.256 e. The van der Waals surface area contributed by atoms with Crippen molar-refractivity contribution in [1.29, 1.82) is 0 Å². The molecule has 0 radical (unpaired) electrons. The topological polar surface area (TPSA) is 91.6 Å². The normalized spacial score (nSPS) is 14.5. The molecule has 0 aliphatic carbocycles. The maximum absolute atomic E-state index is 12.9. The van der Waals surface area contributed by atoms with Gasteiger partial charge in [-0.1, -0.05) is 54.1 Å². The Balaban J connectivity index is 1.37. The largest absolute Gasteiger partial charge is 0.457 e. The van der Waals surface area contributed by atoms with Crippen LogP contribution in [0.3, 0.4) is 0 Å². The van der Waals surface area contributed by atoms with Gasteiger partial charge in [0, 0.05) is 27.4 Å². The Morgan fingerprint density at radius 3 is 2.66 bits per heavy atom. The molecule has 5 rings (SSSR count). The molecule has 7 heteroatoms. The number of nitrogens with one attached hydrogen (secondary N) is 2. The van der Waals surface area contributed by atoms with Crippen molar-refractivity contribution in [3.63, 3.8) is 0 Å². The van der Waals surface area contributed by atoms with Crippen LogP contribution in [-0.2, 0) is 4.79 Å². The first-order chi connectivity index (χ1) is 17.0. The van der Waals surface area contributed by atoms with Crippen LogP contribution in [0.4, 0.5) is 5.69 Å². The molecule has 3 aromatic carbocycles. The summed E-state index contributed by atoms with van der Waals surface area (Å²) < 4.78 is 5.97. The van der Waals surface area contributed by atoms with Crippen molar-refractivity contribution in [2.24, 2.45) is 0 Å². The van der Waals surface area contributed by atoms with Crippen LogP contribution in [0.2, 0.25) is 5.02 Å². The number of hydrogen-bond donors (Lipinski definition) is 3. The van der Waals surface area contributed by atoms with Gasteiger partial charge in [0.05, 0.1) is 18.2 Å². The van der Waals surface area contributed by atoms with Crippen molar-refractivity contribution >= 4 is 40.8 Å². The van der Waals surface area contributed by atoms with Gasteiger partial charge in [-0.25, -0.2) is 0 Å². The molecule has 1 aliphatic heterocycles. The summed E-state index contributed by atoms with van der Waals surface area (Å²) in [6, 6.07) is 24.6. The van der Waals surface area contributed by atoms with E-state index in [2.05, 4.69) is 10.6 Å². The second-order valence-corrected chi connectivity index (χ2v) is 8.54. The molecule has 0 saturated carbocycles. The number of aliphatic hydroxyl groups is 1. The minimum atomic E-state index is -0.511. The van der Waals surface area contributed by atoms with Crippen molar-refractivity contribution in [2.75, 3.05) is 11.9 Å². The highest BCUT2D eigenvalue weighted by molar-refractivity contribution is 6.36. The Morgan fingerprint density at radius 1 is 1.03 bits per heavy atom. The maximum atomic E-state index is 12.9. The summed E-state index contributed by atoms with van der Waals surface area (Å²) in [5.41, 5.74) is 3.85. The Labute approximate surface area is 206 Å². The van der Waals surface area contributed by atoms with Crippen LogP contribution in [0.15, 0.2) is 89.3 Å². The SMILES string of the molecule is O=C1Nc2ccc(Cl)cc2/C1=C\c1ccc(-c2cccc(C(=O)NC(CO)c3ccccc3)c2)o1. The lowest BCUT2D eigenvalue weighted by molar-refractivity contribution is -0.110. The summed E-state index contributed by atoms with van der Waals surface area (Å²) in [4.78, 5) is 25.3. The van der Waals surface area contributed by atoms with E-state index in [1.54, 1.807) is 54.6 Å². The molecule has 1 unspecified atom stereocenters. The summed E-state index contributed by atoms with van der Waals surface area (Å²) in [5, 5.41) is 16.0. The van der Waals surface area contributed by atoms with Gasteiger partial charge in [-0.2, -0.15) is 0 Å². The second kappa shape index (κ2) is 9.62. The quantitative estimate of drug-likeness (QED) is 0.313. The molecule has 0 bridgehead atoms. The predicted octanol–water partition coefficient (Wildman–Crippen LogP) is 5.56. The number of benzene rings is 3. The number of aliphatic hydroxyl groups excluding tert-OH is 1. The number of fused-ring (bicyclic) bond motifs is 1. The highest BCUT2D eigenvalue weighted by Gasteiger charge is 2.25. The first-order valence-corrected chi connectivity index (χ1v) is 11.4. The van der Waals surface area contributed by atoms with Crippen molar-refractivity contribution in [2.45, 2.75) is 6.04 Å². The van der Waals surface area contributed by atoms with Crippen LogP contribution >= 0.6 is 11.6 Å². The fourth-order valence-corrected chi connectivity index (χ4v) is 4.18. The zero-order valence-electron chi connectivity index (χ0n) is 18.5. The Kier molecular flexibility index (Phi) is 6.23. The lowest BCUT2D eigenvalue weighted by atomic mass is 10.1. The maximum Gasteiger partial charge on any atom is 0.256 e. The third-order valence-electron chi connectivity index (χ3n) is 5.78. The molecule has 2 heterocycles. The molecule has 4 aromatic rings. The average molecular weight is 485 g/mol. The van der Waals surface area contributed by atoms with Crippen molar-refractivity contribution < 1.29 is 19.1 Å². The number of furan rings is 1. The highest BCUT2D eigenvalue weighted by Crippen LogP contribution is 2.35. The van der Waals surface area contributed by atoms with Gasteiger partial charge in [0.1, 0.15) is 11.5 Å². The molecule has 1 aromatic heterocycles. The number of carbonyl (C=O) groups excluding carboxylic acids is 2. The van der Waals surface area contributed by atoms with Crippen molar-refractivity contribution in [3.8, 4) is 11.3 Å². The van der Waals surface area contributed by atoms with Gasteiger partial charge >= 0.3 is 0 Å². The van der Waals surface area contributed by atoms with Gasteiger partial charge in [0.2, 0.25) is 0 Å². The zero-order chi connectivity index (χ0) is 24.4. The van der Waals surface area contributed by atoms with Gasteiger partial charge in [0.15, 0.2) is 0 Å². The van der Waals surface area contributed by atoms with Gasteiger partial charge < -0.3 is 20.2 Å². The first-order valence-electron chi connectivity index (χ1n) is 11.0. The zero-order valence-corrected chi connectivity index (χ0v) is 19.3. The number of carbonyl (C=O) groups is 2. The summed E-state index contributed by atoms with van der Waals surface area (Å²) in [6.45, 7) is -0.215. The highest BCUT2D eigenvalue weighted by atomic mass is 35.5. The van der Waals surface area contributed by atoms with Gasteiger partial charge in [-0.3, -0.25) is 9.59 Å². The van der Waals surface area contributed by atoms with Crippen LogP contribution in [0.1, 0.15) is 33.3 Å². The molecule has 174 valence electrons. The Bertz CT molecular complexity index is 1440. The van der Waals surface area contributed by atoms with E-state index in [4.69, 9.17) is 16.0 Å². The lowest BCUT2D eigenvalue weighted by Crippen LogP contribution is -2.30. The molecule has 1 aliphatic rings. The molecular weight excluding hydrogens is 464 g/mol. The van der Waals surface area contributed by atoms with Gasteiger partial charge in [-0.05, 0) is 54.1 Å². The predicted molar refractivity (Wildman–Crippen MR) is 136 cm³/mol. The van der Waals surface area contributed by atoms with Crippen LogP contribution in [0, 0.1) is 0 Å². The summed E-state index contributed by atoms with van der Waals surface area (Å²) in [5.74, 6) is 0.519. The van der Waals surface area contributed by atoms with E-state index in [0.29, 0.717) is 38.9 Å². The van der Waals surface area contributed by atoms with E-state index >= 15 is 0 Å². The molecule has 0 saturated heterocycles. The van der Waals surface area contributed by atoms with Crippen LogP contribution in [0.25, 0.3) is 23.0 Å². The molecular formula is C28H21ClN2O4. The summed E-state index contributed by atoms with van der Waals surface area (Å²) in [7, 11) is 0. The Morgan fingerprint density at radius 2 is 1.86 bits per heavy atom. The molecule has 3 N–H and O–H groups in total. The van der Waals surface area contributed by atoms with Crippen LogP contribution < -0.4 is 10.6 Å². The first kappa shape index (κ1) is 22.7. The lowest BCUT2D eigenvalue weighted by Gasteiger charge is -2.17. The number of anilines is 1. The second-order valence-electron chi connectivity index (χ2n) is 8.10. The van der Waals surface area contributed by atoms with E-state index in [1.807, 2.05) is 36.4 Å². The monoisotopic (exact) mass is 484 g/mol. The van der Waals surface area contributed by atoms with Gasteiger partial charge in [-0.15, -0.1) is 0 Å². The minimum absolute atomic E-state index is 0.215. The molecule has 2 amide bonds. The van der Waals surface area contributed by atoms with E-state index in [1.165, 1.54) is 0 Å². The van der Waals surface area contributed by atoms with Gasteiger partial charge in [0.25, 0.3) is 11.8 Å². The number of hydrogen-bond acceptors (Lipinski definition) is 4. The molecule has 0 spiro atoms. The standard InChI is InChI=1S/C28H21ClN2O4/c29-20-9-11-24-22(14-20)23(28(34)30-24)15-21-10-12-26(35-21)18-7-4-8-19(13-18)27(33)31-25(16-32)17-5-2-1-3-6-17/h1-15,25,32H,16H2,(H,30,34)(H,31,33)/b23-15+. The minimum Gasteiger partial charge on any atom is -0.457 e. The number of rotatable bonds is 6.